The topological polar surface area (TPSA) is 60.4 Å². The molecule has 4 heteroatoms. The van der Waals surface area contributed by atoms with Crippen molar-refractivity contribution in [1.29, 1.82) is 0 Å². The number of aryl methyl sites for hydroxylation is 1. The Labute approximate surface area is 191 Å². The molecule has 0 saturated heterocycles. The number of fused-ring (bicyclic) bond motifs is 3. The zero-order chi connectivity index (χ0) is 22.3. The van der Waals surface area contributed by atoms with Crippen molar-refractivity contribution in [3.8, 4) is 11.1 Å². The summed E-state index contributed by atoms with van der Waals surface area (Å²) >= 11 is 0. The third-order valence-corrected chi connectivity index (χ3v) is 8.56. The smallest absolute Gasteiger partial charge is 0.336 e. The van der Waals surface area contributed by atoms with Crippen LogP contribution in [0.25, 0.3) is 33.1 Å². The van der Waals surface area contributed by atoms with Crippen LogP contribution in [0.4, 0.5) is 0 Å². The van der Waals surface area contributed by atoms with Gasteiger partial charge in [0.2, 0.25) is 5.78 Å². The monoisotopic (exact) mass is 438 g/mol. The van der Waals surface area contributed by atoms with Gasteiger partial charge in [0.15, 0.2) is 5.76 Å². The lowest BCUT2D eigenvalue weighted by molar-refractivity contribution is -0.0364. The Balaban J connectivity index is 1.51. The number of hydrogen-bond acceptors (Lipinski definition) is 4. The fourth-order valence-corrected chi connectivity index (χ4v) is 7.63. The molecule has 4 bridgehead atoms. The van der Waals surface area contributed by atoms with Gasteiger partial charge in [0.05, 0.1) is 5.39 Å². The summed E-state index contributed by atoms with van der Waals surface area (Å²) in [5.41, 5.74) is 2.96. The van der Waals surface area contributed by atoms with Gasteiger partial charge >= 0.3 is 5.63 Å². The van der Waals surface area contributed by atoms with Crippen LogP contribution in [-0.2, 0) is 0 Å². The normalized spacial score (nSPS) is 28.1. The number of hydrogen-bond donors (Lipinski definition) is 0. The fourth-order valence-electron chi connectivity index (χ4n) is 7.63. The molecule has 8 rings (SSSR count). The van der Waals surface area contributed by atoms with Gasteiger partial charge in [0.1, 0.15) is 11.2 Å². The SMILES string of the molecule is Cc1cc(=O)oc2c1ccc1oc(C(=O)C34CC5CC(CC(C5)C3)C4)c(-c3ccccc3)c12. The van der Waals surface area contributed by atoms with Crippen molar-refractivity contribution in [2.75, 3.05) is 0 Å². The Morgan fingerprint density at radius 1 is 0.909 bits per heavy atom. The molecule has 0 radical (unpaired) electrons. The second kappa shape index (κ2) is 6.69. The highest BCUT2D eigenvalue weighted by Gasteiger charge is 2.55. The molecular formula is C29H26O4. The first-order valence-corrected chi connectivity index (χ1v) is 12.1. The van der Waals surface area contributed by atoms with E-state index in [0.29, 0.717) is 34.7 Å². The Morgan fingerprint density at radius 2 is 1.58 bits per heavy atom. The lowest BCUT2D eigenvalue weighted by Gasteiger charge is -2.55. The summed E-state index contributed by atoms with van der Waals surface area (Å²) < 4.78 is 12.1. The summed E-state index contributed by atoms with van der Waals surface area (Å²) in [4.78, 5) is 26.6. The highest BCUT2D eigenvalue weighted by atomic mass is 16.4. The summed E-state index contributed by atoms with van der Waals surface area (Å²) in [6.07, 6.45) is 6.81. The predicted molar refractivity (Wildman–Crippen MR) is 127 cm³/mol. The highest BCUT2D eigenvalue weighted by molar-refractivity contribution is 6.17. The summed E-state index contributed by atoms with van der Waals surface area (Å²) in [6, 6.07) is 15.3. The third kappa shape index (κ3) is 2.76. The molecule has 0 N–H and O–H groups in total. The van der Waals surface area contributed by atoms with Gasteiger partial charge in [-0.2, -0.15) is 0 Å². The molecule has 2 aromatic heterocycles. The van der Waals surface area contributed by atoms with E-state index >= 15 is 0 Å². The molecule has 2 heterocycles. The van der Waals surface area contributed by atoms with Crippen LogP contribution < -0.4 is 5.63 Å². The molecule has 4 aliphatic rings. The number of Topliss-reactive ketones (excluding diaryl/α,β-unsaturated/α-hetero) is 1. The largest absolute Gasteiger partial charge is 0.452 e. The van der Waals surface area contributed by atoms with E-state index in [1.165, 1.54) is 25.3 Å². The maximum Gasteiger partial charge on any atom is 0.336 e. The van der Waals surface area contributed by atoms with Crippen molar-refractivity contribution in [2.24, 2.45) is 23.2 Å². The fraction of sp³-hybridized carbons (Fsp3) is 0.379. The van der Waals surface area contributed by atoms with Gasteiger partial charge in [-0.1, -0.05) is 30.3 Å². The Morgan fingerprint density at radius 3 is 2.24 bits per heavy atom. The van der Waals surface area contributed by atoms with Crippen LogP contribution in [0, 0.1) is 30.1 Å². The molecule has 0 aliphatic heterocycles. The molecule has 2 aromatic carbocycles. The molecule has 4 saturated carbocycles. The zero-order valence-electron chi connectivity index (χ0n) is 18.7. The predicted octanol–water partition coefficient (Wildman–Crippen LogP) is 6.91. The molecule has 0 atom stereocenters. The molecule has 0 amide bonds. The van der Waals surface area contributed by atoms with E-state index in [9.17, 15) is 9.59 Å². The van der Waals surface area contributed by atoms with E-state index in [1.807, 2.05) is 49.4 Å². The summed E-state index contributed by atoms with van der Waals surface area (Å²) in [6.45, 7) is 1.91. The van der Waals surface area contributed by atoms with Gasteiger partial charge in [-0.05, 0) is 86.5 Å². The van der Waals surface area contributed by atoms with Crippen LogP contribution >= 0.6 is 0 Å². The van der Waals surface area contributed by atoms with E-state index in [1.54, 1.807) is 0 Å². The lowest BCUT2D eigenvalue weighted by Crippen LogP contribution is -2.50. The first-order valence-electron chi connectivity index (χ1n) is 12.1. The van der Waals surface area contributed by atoms with Crippen LogP contribution in [0.1, 0.15) is 54.6 Å². The standard InChI is InChI=1S/C29H26O4/c1-16-9-23(30)33-26-21(16)7-8-22-25(26)24(20-5-3-2-4-6-20)27(32-22)28(31)29-13-17-10-18(14-29)12-19(11-17)15-29/h2-9,17-19H,10-15H2,1H3. The van der Waals surface area contributed by atoms with Crippen LogP contribution in [0.15, 0.2) is 62.2 Å². The van der Waals surface area contributed by atoms with Gasteiger partial charge in [0.25, 0.3) is 0 Å². The number of benzene rings is 2. The molecule has 166 valence electrons. The lowest BCUT2D eigenvalue weighted by atomic mass is 9.48. The molecule has 4 aliphatic carbocycles. The number of furan rings is 1. The van der Waals surface area contributed by atoms with Gasteiger partial charge in [-0.3, -0.25) is 4.79 Å². The quantitative estimate of drug-likeness (QED) is 0.257. The number of ketones is 1. The van der Waals surface area contributed by atoms with Crippen LogP contribution in [0.2, 0.25) is 0 Å². The summed E-state index contributed by atoms with van der Waals surface area (Å²) in [7, 11) is 0. The summed E-state index contributed by atoms with van der Waals surface area (Å²) in [5, 5.41) is 1.60. The van der Waals surface area contributed by atoms with Crippen molar-refractivity contribution < 1.29 is 13.6 Å². The second-order valence-electron chi connectivity index (χ2n) is 10.8. The second-order valence-corrected chi connectivity index (χ2v) is 10.8. The van der Waals surface area contributed by atoms with Crippen LogP contribution in [0.3, 0.4) is 0 Å². The molecular weight excluding hydrogens is 412 g/mol. The third-order valence-electron chi connectivity index (χ3n) is 8.56. The first-order chi connectivity index (χ1) is 16.0. The van der Waals surface area contributed by atoms with E-state index in [4.69, 9.17) is 8.83 Å². The van der Waals surface area contributed by atoms with Gasteiger partial charge in [0, 0.05) is 22.4 Å². The summed E-state index contributed by atoms with van der Waals surface area (Å²) in [5.74, 6) is 2.61. The molecule has 4 fully saturated rings. The van der Waals surface area contributed by atoms with Crippen molar-refractivity contribution in [3.05, 3.63) is 70.3 Å². The van der Waals surface area contributed by atoms with E-state index in [0.717, 1.165) is 46.7 Å². The number of rotatable bonds is 3. The van der Waals surface area contributed by atoms with E-state index in [2.05, 4.69) is 0 Å². The number of carbonyl (C=O) groups is 1. The average Bonchev–Trinajstić information content (AvgIpc) is 3.18. The number of carbonyl (C=O) groups excluding carboxylic acids is 1. The minimum absolute atomic E-state index is 0.153. The van der Waals surface area contributed by atoms with E-state index in [-0.39, 0.29) is 16.8 Å². The maximum atomic E-state index is 14.3. The van der Waals surface area contributed by atoms with Gasteiger partial charge in [-0.25, -0.2) is 4.79 Å². The Hall–Kier alpha value is -3.14. The van der Waals surface area contributed by atoms with Crippen molar-refractivity contribution >= 4 is 27.7 Å². The molecule has 0 spiro atoms. The minimum Gasteiger partial charge on any atom is -0.452 e. The van der Waals surface area contributed by atoms with Crippen LogP contribution in [0.5, 0.6) is 0 Å². The minimum atomic E-state index is -0.387. The van der Waals surface area contributed by atoms with Crippen molar-refractivity contribution in [2.45, 2.75) is 45.4 Å². The first kappa shape index (κ1) is 19.3. The molecule has 33 heavy (non-hydrogen) atoms. The zero-order valence-corrected chi connectivity index (χ0v) is 18.7. The van der Waals surface area contributed by atoms with Gasteiger partial charge < -0.3 is 8.83 Å². The van der Waals surface area contributed by atoms with Gasteiger partial charge in [-0.15, -0.1) is 0 Å². The molecule has 0 unspecified atom stereocenters. The van der Waals surface area contributed by atoms with Crippen molar-refractivity contribution in [3.63, 3.8) is 0 Å². The highest BCUT2D eigenvalue weighted by Crippen LogP contribution is 2.61. The van der Waals surface area contributed by atoms with E-state index < -0.39 is 0 Å². The molecule has 4 aromatic rings. The maximum absolute atomic E-state index is 14.3. The average molecular weight is 439 g/mol. The van der Waals surface area contributed by atoms with Crippen molar-refractivity contribution in [1.82, 2.24) is 0 Å². The molecule has 4 nitrogen and oxygen atoms in total. The Kier molecular flexibility index (Phi) is 3.92. The van der Waals surface area contributed by atoms with Crippen LogP contribution in [-0.4, -0.2) is 5.78 Å². The Bertz CT molecular complexity index is 1450.